The topological polar surface area (TPSA) is 15.6 Å². The van der Waals surface area contributed by atoms with Crippen LogP contribution in [-0.4, -0.2) is 16.6 Å². The molecule has 0 fully saturated rings. The summed E-state index contributed by atoms with van der Waals surface area (Å²) in [5.74, 6) is 0. The number of fused-ring (bicyclic) bond motifs is 1. The predicted octanol–water partition coefficient (Wildman–Crippen LogP) is 2.60. The van der Waals surface area contributed by atoms with Crippen molar-refractivity contribution in [2.75, 3.05) is 0 Å². The molecule has 72 valence electrons. The van der Waals surface area contributed by atoms with E-state index in [1.807, 2.05) is 29.4 Å². The van der Waals surface area contributed by atoms with Gasteiger partial charge in [-0.25, -0.2) is 4.99 Å². The minimum atomic E-state index is 0.0344. The Balaban J connectivity index is 2.25. The number of rotatable bonds is 2. The van der Waals surface area contributed by atoms with Crippen LogP contribution in [0.5, 0.6) is 0 Å². The Kier molecular flexibility index (Phi) is 2.59. The summed E-state index contributed by atoms with van der Waals surface area (Å²) in [5, 5.41) is 0.0344. The minimum absolute atomic E-state index is 0.0344. The fraction of sp³-hybridized carbons (Fsp3) is 0.182. The van der Waals surface area contributed by atoms with Crippen molar-refractivity contribution < 1.29 is 0 Å². The van der Waals surface area contributed by atoms with Crippen LogP contribution in [0.2, 0.25) is 0 Å². The quantitative estimate of drug-likeness (QED) is 0.578. The van der Waals surface area contributed by atoms with Gasteiger partial charge in [-0.15, -0.1) is 6.58 Å². The molecule has 1 atom stereocenters. The molecule has 2 nitrogen and oxygen atoms in total. The average Bonchev–Trinajstić information content (AvgIpc) is 2.27. The largest absolute Gasteiger partial charge is 0.343 e. The zero-order chi connectivity index (χ0) is 9.97. The molecule has 0 spiro atoms. The number of hydrogen-bond donors (Lipinski definition) is 1. The van der Waals surface area contributed by atoms with E-state index >= 15 is 0 Å². The summed E-state index contributed by atoms with van der Waals surface area (Å²) in [4.78, 5) is 6.39. The van der Waals surface area contributed by atoms with Crippen molar-refractivity contribution in [3.63, 3.8) is 0 Å². The number of hydrogen-bond acceptors (Lipinski definition) is 3. The first kappa shape index (κ1) is 9.34. The highest BCUT2D eigenvalue weighted by molar-refractivity contribution is 7.81. The second kappa shape index (κ2) is 3.88. The van der Waals surface area contributed by atoms with Gasteiger partial charge in [-0.2, -0.15) is 12.6 Å². The standard InChI is InChI=1S/C11H12N2S/c1-2-11(14)13-7-9-5-3-4-6-10(9)12-8-13/h2-6,8,11,14H,1,7H2. The van der Waals surface area contributed by atoms with E-state index in [9.17, 15) is 0 Å². The first-order chi connectivity index (χ1) is 6.81. The molecular weight excluding hydrogens is 192 g/mol. The molecule has 1 aromatic rings. The summed E-state index contributed by atoms with van der Waals surface area (Å²) in [6.45, 7) is 4.56. The smallest absolute Gasteiger partial charge is 0.0926 e. The predicted molar refractivity (Wildman–Crippen MR) is 63.1 cm³/mol. The van der Waals surface area contributed by atoms with Crippen LogP contribution in [0, 0.1) is 0 Å². The van der Waals surface area contributed by atoms with Gasteiger partial charge in [-0.05, 0) is 11.6 Å². The van der Waals surface area contributed by atoms with Gasteiger partial charge in [0.15, 0.2) is 0 Å². The zero-order valence-electron chi connectivity index (χ0n) is 7.80. The lowest BCUT2D eigenvalue weighted by Crippen LogP contribution is -2.29. The van der Waals surface area contributed by atoms with Crippen LogP contribution in [-0.2, 0) is 6.54 Å². The lowest BCUT2D eigenvalue weighted by atomic mass is 10.1. The van der Waals surface area contributed by atoms with E-state index in [0.29, 0.717) is 0 Å². The van der Waals surface area contributed by atoms with Crippen molar-refractivity contribution >= 4 is 24.7 Å². The molecule has 0 bridgehead atoms. The van der Waals surface area contributed by atoms with E-state index in [-0.39, 0.29) is 5.37 Å². The number of nitrogens with zero attached hydrogens (tertiary/aromatic N) is 2. The average molecular weight is 204 g/mol. The maximum Gasteiger partial charge on any atom is 0.0926 e. The van der Waals surface area contributed by atoms with E-state index in [4.69, 9.17) is 0 Å². The van der Waals surface area contributed by atoms with Gasteiger partial charge in [0.1, 0.15) is 0 Å². The fourth-order valence-corrected chi connectivity index (χ4v) is 1.58. The van der Waals surface area contributed by atoms with Crippen molar-refractivity contribution in [2.24, 2.45) is 4.99 Å². The molecule has 1 aliphatic heterocycles. The number of para-hydroxylation sites is 1. The third-order valence-electron chi connectivity index (χ3n) is 2.24. The molecule has 3 heteroatoms. The van der Waals surface area contributed by atoms with Gasteiger partial charge in [-0.3, -0.25) is 0 Å². The number of benzene rings is 1. The van der Waals surface area contributed by atoms with Gasteiger partial charge < -0.3 is 4.90 Å². The third-order valence-corrected chi connectivity index (χ3v) is 2.75. The van der Waals surface area contributed by atoms with Crippen LogP contribution < -0.4 is 0 Å². The Morgan fingerprint density at radius 2 is 2.29 bits per heavy atom. The maximum absolute atomic E-state index is 4.38. The molecule has 0 radical (unpaired) electrons. The summed E-state index contributed by atoms with van der Waals surface area (Å²) in [7, 11) is 0. The lowest BCUT2D eigenvalue weighted by Gasteiger charge is -2.27. The van der Waals surface area contributed by atoms with Crippen molar-refractivity contribution in [2.45, 2.75) is 11.9 Å². The molecular formula is C11H12N2S. The molecule has 14 heavy (non-hydrogen) atoms. The molecule has 0 aliphatic carbocycles. The molecule has 0 aromatic heterocycles. The number of thiol groups is 1. The molecule has 1 aromatic carbocycles. The van der Waals surface area contributed by atoms with Crippen molar-refractivity contribution in [3.05, 3.63) is 42.5 Å². The van der Waals surface area contributed by atoms with Gasteiger partial charge in [0.2, 0.25) is 0 Å². The van der Waals surface area contributed by atoms with Gasteiger partial charge in [0, 0.05) is 6.54 Å². The molecule has 2 rings (SSSR count). The van der Waals surface area contributed by atoms with Crippen molar-refractivity contribution in [1.82, 2.24) is 4.90 Å². The molecule has 0 amide bonds. The van der Waals surface area contributed by atoms with Crippen LogP contribution >= 0.6 is 12.6 Å². The highest BCUT2D eigenvalue weighted by Crippen LogP contribution is 2.24. The summed E-state index contributed by atoms with van der Waals surface area (Å²) in [5.41, 5.74) is 2.28. The van der Waals surface area contributed by atoms with E-state index < -0.39 is 0 Å². The molecule has 1 aliphatic rings. The van der Waals surface area contributed by atoms with E-state index in [1.165, 1.54) is 5.56 Å². The van der Waals surface area contributed by atoms with Crippen molar-refractivity contribution in [3.8, 4) is 0 Å². The SMILES string of the molecule is C=CC(S)N1C=Nc2ccccc2C1. The lowest BCUT2D eigenvalue weighted by molar-refractivity contribution is 0.440. The minimum Gasteiger partial charge on any atom is -0.343 e. The Hall–Kier alpha value is -1.22. The van der Waals surface area contributed by atoms with Crippen LogP contribution in [0.15, 0.2) is 41.9 Å². The molecule has 0 saturated carbocycles. The molecule has 1 heterocycles. The van der Waals surface area contributed by atoms with Crippen LogP contribution in [0.25, 0.3) is 0 Å². The zero-order valence-corrected chi connectivity index (χ0v) is 8.69. The Bertz CT molecular complexity index is 373. The Morgan fingerprint density at radius 1 is 1.50 bits per heavy atom. The first-order valence-electron chi connectivity index (χ1n) is 4.50. The van der Waals surface area contributed by atoms with Crippen LogP contribution in [0.4, 0.5) is 5.69 Å². The van der Waals surface area contributed by atoms with E-state index in [0.717, 1.165) is 12.2 Å². The molecule has 0 saturated heterocycles. The maximum atomic E-state index is 4.38. The Labute approximate surface area is 89.4 Å². The summed E-state index contributed by atoms with van der Waals surface area (Å²) in [6, 6.07) is 8.13. The van der Waals surface area contributed by atoms with Gasteiger partial charge in [0.25, 0.3) is 0 Å². The fourth-order valence-electron chi connectivity index (χ4n) is 1.44. The summed E-state index contributed by atoms with van der Waals surface area (Å²) < 4.78 is 0. The van der Waals surface area contributed by atoms with Crippen molar-refractivity contribution in [1.29, 1.82) is 0 Å². The van der Waals surface area contributed by atoms with Crippen LogP contribution in [0.3, 0.4) is 0 Å². The number of aliphatic imine (C=N–C) groups is 1. The summed E-state index contributed by atoms with van der Waals surface area (Å²) >= 11 is 4.38. The van der Waals surface area contributed by atoms with E-state index in [1.54, 1.807) is 6.08 Å². The highest BCUT2D eigenvalue weighted by Gasteiger charge is 2.14. The third kappa shape index (κ3) is 1.68. The highest BCUT2D eigenvalue weighted by atomic mass is 32.1. The summed E-state index contributed by atoms with van der Waals surface area (Å²) in [6.07, 6.45) is 3.62. The van der Waals surface area contributed by atoms with E-state index in [2.05, 4.69) is 30.3 Å². The van der Waals surface area contributed by atoms with Gasteiger partial charge in [-0.1, -0.05) is 24.3 Å². The van der Waals surface area contributed by atoms with Crippen LogP contribution in [0.1, 0.15) is 5.56 Å². The van der Waals surface area contributed by atoms with Gasteiger partial charge >= 0.3 is 0 Å². The monoisotopic (exact) mass is 204 g/mol. The van der Waals surface area contributed by atoms with Gasteiger partial charge in [0.05, 0.1) is 17.4 Å². The Morgan fingerprint density at radius 3 is 3.07 bits per heavy atom. The second-order valence-electron chi connectivity index (χ2n) is 3.19. The first-order valence-corrected chi connectivity index (χ1v) is 5.01. The molecule has 1 unspecified atom stereocenters. The normalized spacial score (nSPS) is 16.2. The second-order valence-corrected chi connectivity index (χ2v) is 3.72. The molecule has 0 N–H and O–H groups in total.